The molecular weight excluding hydrogens is 1080 g/mol. The lowest BCUT2D eigenvalue weighted by Crippen LogP contribution is -2.60. The number of hydrogen-bond donors (Lipinski definition) is 6. The summed E-state index contributed by atoms with van der Waals surface area (Å²) in [5.74, 6) is -0.152. The first kappa shape index (κ1) is 82.1. The van der Waals surface area contributed by atoms with E-state index in [4.69, 9.17) is 9.47 Å². The van der Waals surface area contributed by atoms with Crippen LogP contribution in [0.25, 0.3) is 0 Å². The second kappa shape index (κ2) is 66.0. The van der Waals surface area contributed by atoms with Crippen molar-refractivity contribution in [1.29, 1.82) is 0 Å². The smallest absolute Gasteiger partial charge is 0.220 e. The Morgan fingerprint density at radius 2 is 0.713 bits per heavy atom. The SMILES string of the molecule is CC/C=C\C/C=C\C/C=C\C/C=C\C/C=C\C/C=C\C/C=C\C/C=C\CCCCCCCCCCC(=O)NC(COC1OC(CO)C(O)C(O)C1O)C(O)CCCCCCCCCCCCCCCCCCCCCCCCCCCCCCCCC. The van der Waals surface area contributed by atoms with Gasteiger partial charge in [0.2, 0.25) is 5.91 Å². The molecule has 7 unspecified atom stereocenters. The molecular formula is C78H139NO8. The number of allylic oxidation sites excluding steroid dienone is 16. The van der Waals surface area contributed by atoms with E-state index in [9.17, 15) is 30.3 Å². The molecule has 1 aliphatic rings. The van der Waals surface area contributed by atoms with Crippen LogP contribution in [0.5, 0.6) is 0 Å². The number of carbonyl (C=O) groups excluding carboxylic acids is 1. The molecule has 0 bridgehead atoms. The molecule has 1 fully saturated rings. The molecule has 9 heteroatoms. The summed E-state index contributed by atoms with van der Waals surface area (Å²) in [6.07, 6.45) is 89.1. The largest absolute Gasteiger partial charge is 0.394 e. The van der Waals surface area contributed by atoms with E-state index in [0.717, 1.165) is 103 Å². The van der Waals surface area contributed by atoms with Crippen LogP contribution in [0.3, 0.4) is 0 Å². The van der Waals surface area contributed by atoms with E-state index in [1.165, 1.54) is 205 Å². The monoisotopic (exact) mass is 1220 g/mol. The third-order valence-electron chi connectivity index (χ3n) is 17.2. The number of rotatable bonds is 64. The fourth-order valence-corrected chi connectivity index (χ4v) is 11.5. The van der Waals surface area contributed by atoms with Gasteiger partial charge in [-0.2, -0.15) is 0 Å². The van der Waals surface area contributed by atoms with Crippen LogP contribution in [0.15, 0.2) is 97.2 Å². The zero-order valence-corrected chi connectivity index (χ0v) is 56.5. The quantitative estimate of drug-likeness (QED) is 0.0261. The number of nitrogens with one attached hydrogen (secondary N) is 1. The minimum Gasteiger partial charge on any atom is -0.394 e. The molecule has 9 nitrogen and oxygen atoms in total. The summed E-state index contributed by atoms with van der Waals surface area (Å²) in [5, 5.41) is 55.0. The van der Waals surface area contributed by atoms with Gasteiger partial charge in [-0.1, -0.05) is 349 Å². The molecule has 0 spiro atoms. The van der Waals surface area contributed by atoms with E-state index >= 15 is 0 Å². The Morgan fingerprint density at radius 1 is 0.402 bits per heavy atom. The van der Waals surface area contributed by atoms with Crippen molar-refractivity contribution in [2.24, 2.45) is 0 Å². The maximum Gasteiger partial charge on any atom is 0.220 e. The Kier molecular flexibility index (Phi) is 62.3. The minimum atomic E-state index is -1.56. The molecule has 6 N–H and O–H groups in total. The van der Waals surface area contributed by atoms with Crippen LogP contribution in [-0.2, 0) is 14.3 Å². The zero-order chi connectivity index (χ0) is 62.8. The number of amides is 1. The Bertz CT molecular complexity index is 1700. The standard InChI is InChI=1S/C78H139NO8/c1-3-5-7-9-11-13-15-17-19-21-23-25-27-29-31-33-35-36-38-40-42-44-46-48-50-52-54-56-58-60-62-64-66-68-74(82)79-71(70-86-78-77(85)76(84)75(83)73(69-80)87-78)72(81)67-65-63-61-59-57-55-53-51-49-47-45-43-41-39-37-34-32-30-28-26-24-22-20-18-16-14-12-10-8-6-4-2/h5,7,11,13,17,19,23,25,29,31,35-36,40,42,46,48,71-73,75-78,80-81,83-85H,3-4,6,8-10,12,14-16,18,20-22,24,26-28,30,32-34,37-39,41,43-45,47,49-70H2,1-2H3,(H,79,82)/b7-5-,13-11-,19-17-,25-23-,31-29-,36-35-,42-40-,48-46-. The Morgan fingerprint density at radius 3 is 1.06 bits per heavy atom. The molecule has 0 aromatic carbocycles. The van der Waals surface area contributed by atoms with Gasteiger partial charge >= 0.3 is 0 Å². The van der Waals surface area contributed by atoms with Gasteiger partial charge in [-0.05, 0) is 77.0 Å². The molecule has 504 valence electrons. The summed E-state index contributed by atoms with van der Waals surface area (Å²) in [6, 6.07) is -0.733. The van der Waals surface area contributed by atoms with Crippen LogP contribution in [0, 0.1) is 0 Å². The highest BCUT2D eigenvalue weighted by atomic mass is 16.7. The van der Waals surface area contributed by atoms with Crippen LogP contribution in [0.2, 0.25) is 0 Å². The summed E-state index contributed by atoms with van der Waals surface area (Å²) in [5.41, 5.74) is 0. The average molecular weight is 1220 g/mol. The fourth-order valence-electron chi connectivity index (χ4n) is 11.5. The molecule has 7 atom stereocenters. The molecule has 0 aliphatic carbocycles. The van der Waals surface area contributed by atoms with Crippen molar-refractivity contribution in [3.63, 3.8) is 0 Å². The molecule has 0 radical (unpaired) electrons. The number of unbranched alkanes of at least 4 members (excludes halogenated alkanes) is 38. The normalized spacial score (nSPS) is 18.5. The summed E-state index contributed by atoms with van der Waals surface area (Å²) < 4.78 is 11.4. The Labute approximate surface area is 536 Å². The van der Waals surface area contributed by atoms with Crippen LogP contribution < -0.4 is 5.32 Å². The van der Waals surface area contributed by atoms with E-state index in [0.29, 0.717) is 12.8 Å². The number of aliphatic hydroxyl groups excluding tert-OH is 5. The van der Waals surface area contributed by atoms with Crippen molar-refractivity contribution in [2.45, 2.75) is 378 Å². The van der Waals surface area contributed by atoms with Gasteiger partial charge in [-0.25, -0.2) is 0 Å². The van der Waals surface area contributed by atoms with E-state index in [1.54, 1.807) is 0 Å². The van der Waals surface area contributed by atoms with Crippen LogP contribution in [0.4, 0.5) is 0 Å². The minimum absolute atomic E-state index is 0.145. The van der Waals surface area contributed by atoms with Crippen molar-refractivity contribution < 1.29 is 39.8 Å². The van der Waals surface area contributed by atoms with E-state index in [-0.39, 0.29) is 12.5 Å². The third-order valence-corrected chi connectivity index (χ3v) is 17.2. The highest BCUT2D eigenvalue weighted by Gasteiger charge is 2.44. The van der Waals surface area contributed by atoms with Crippen molar-refractivity contribution in [1.82, 2.24) is 5.32 Å². The summed E-state index contributed by atoms with van der Waals surface area (Å²) >= 11 is 0. The first-order valence-electron chi connectivity index (χ1n) is 36.9. The molecule has 0 saturated carbocycles. The molecule has 1 amide bonds. The molecule has 1 rings (SSSR count). The van der Waals surface area contributed by atoms with Gasteiger partial charge < -0.3 is 40.3 Å². The third kappa shape index (κ3) is 54.6. The lowest BCUT2D eigenvalue weighted by atomic mass is 9.99. The summed E-state index contributed by atoms with van der Waals surface area (Å²) in [7, 11) is 0. The lowest BCUT2D eigenvalue weighted by Gasteiger charge is -2.40. The van der Waals surface area contributed by atoms with E-state index in [1.807, 2.05) is 0 Å². The molecule has 1 aliphatic heterocycles. The highest BCUT2D eigenvalue weighted by molar-refractivity contribution is 5.76. The zero-order valence-electron chi connectivity index (χ0n) is 56.5. The van der Waals surface area contributed by atoms with Crippen molar-refractivity contribution in [3.05, 3.63) is 97.2 Å². The van der Waals surface area contributed by atoms with E-state index in [2.05, 4.69) is 116 Å². The molecule has 0 aromatic rings. The fraction of sp³-hybridized carbons (Fsp3) is 0.782. The van der Waals surface area contributed by atoms with Gasteiger partial charge in [0.1, 0.15) is 24.4 Å². The van der Waals surface area contributed by atoms with Crippen molar-refractivity contribution in [3.8, 4) is 0 Å². The molecule has 1 heterocycles. The van der Waals surface area contributed by atoms with Crippen molar-refractivity contribution >= 4 is 5.91 Å². The second-order valence-electron chi connectivity index (χ2n) is 25.4. The predicted molar refractivity (Wildman–Crippen MR) is 373 cm³/mol. The van der Waals surface area contributed by atoms with Gasteiger partial charge in [0, 0.05) is 6.42 Å². The second-order valence-corrected chi connectivity index (χ2v) is 25.4. The molecule has 87 heavy (non-hydrogen) atoms. The number of carbonyl (C=O) groups is 1. The van der Waals surface area contributed by atoms with Crippen LogP contribution >= 0.6 is 0 Å². The van der Waals surface area contributed by atoms with Gasteiger partial charge in [-0.15, -0.1) is 0 Å². The Hall–Kier alpha value is -2.89. The van der Waals surface area contributed by atoms with Gasteiger partial charge in [0.15, 0.2) is 6.29 Å². The Balaban J connectivity index is 2.13. The summed E-state index contributed by atoms with van der Waals surface area (Å²) in [6.45, 7) is 3.76. The lowest BCUT2D eigenvalue weighted by molar-refractivity contribution is -0.302. The molecule has 1 saturated heterocycles. The molecule has 0 aromatic heterocycles. The number of aliphatic hydroxyl groups is 5. The van der Waals surface area contributed by atoms with Crippen molar-refractivity contribution in [2.75, 3.05) is 13.2 Å². The first-order valence-corrected chi connectivity index (χ1v) is 36.9. The van der Waals surface area contributed by atoms with Gasteiger partial charge in [0.05, 0.1) is 25.4 Å². The van der Waals surface area contributed by atoms with Crippen LogP contribution in [-0.4, -0.2) is 87.5 Å². The number of ether oxygens (including phenoxy) is 2. The topological polar surface area (TPSA) is 149 Å². The summed E-state index contributed by atoms with van der Waals surface area (Å²) in [4.78, 5) is 13.2. The van der Waals surface area contributed by atoms with Gasteiger partial charge in [-0.3, -0.25) is 4.79 Å². The predicted octanol–water partition coefficient (Wildman–Crippen LogP) is 20.6. The first-order chi connectivity index (χ1) is 42.8. The maximum atomic E-state index is 13.2. The number of hydrogen-bond acceptors (Lipinski definition) is 8. The maximum absolute atomic E-state index is 13.2. The van der Waals surface area contributed by atoms with E-state index < -0.39 is 49.5 Å². The average Bonchev–Trinajstić information content (AvgIpc) is 3.38. The highest BCUT2D eigenvalue weighted by Crippen LogP contribution is 2.24. The van der Waals surface area contributed by atoms with Gasteiger partial charge in [0.25, 0.3) is 0 Å². The van der Waals surface area contributed by atoms with Crippen LogP contribution in [0.1, 0.15) is 335 Å².